The molecule has 9 heteroatoms. The van der Waals surface area contributed by atoms with E-state index >= 15 is 0 Å². The number of hydrogen-bond donors (Lipinski definition) is 1. The van der Waals surface area contributed by atoms with Gasteiger partial charge in [-0.1, -0.05) is 5.16 Å². The Morgan fingerprint density at radius 1 is 1.35 bits per heavy atom. The van der Waals surface area contributed by atoms with E-state index in [9.17, 15) is 18.3 Å². The molecule has 2 heterocycles. The first-order valence-corrected chi connectivity index (χ1v) is 9.97. The molecule has 26 heavy (non-hydrogen) atoms. The Kier molecular flexibility index (Phi) is 4.57. The first-order chi connectivity index (χ1) is 12.3. The van der Waals surface area contributed by atoms with Crippen LogP contribution in [0.3, 0.4) is 0 Å². The van der Waals surface area contributed by atoms with E-state index in [0.29, 0.717) is 36.4 Å². The van der Waals surface area contributed by atoms with Crippen molar-refractivity contribution in [3.05, 3.63) is 40.6 Å². The summed E-state index contributed by atoms with van der Waals surface area (Å²) in [5.74, 6) is -0.646. The molecule has 0 unspecified atom stereocenters. The Balaban J connectivity index is 2.19. The molecule has 1 aromatic heterocycles. The fourth-order valence-corrected chi connectivity index (χ4v) is 3.96. The number of ketones is 1. The van der Waals surface area contributed by atoms with Gasteiger partial charge in [0.25, 0.3) is 0 Å². The number of oxime groups is 1. The molecule has 3 rings (SSSR count). The van der Waals surface area contributed by atoms with Gasteiger partial charge in [-0.25, -0.2) is 13.1 Å². The van der Waals surface area contributed by atoms with Crippen molar-refractivity contribution in [3.63, 3.8) is 0 Å². The zero-order valence-corrected chi connectivity index (χ0v) is 15.5. The van der Waals surface area contributed by atoms with Gasteiger partial charge in [-0.15, -0.1) is 0 Å². The minimum Gasteiger partial charge on any atom is -0.493 e. The van der Waals surface area contributed by atoms with E-state index in [1.54, 1.807) is 13.8 Å². The summed E-state index contributed by atoms with van der Waals surface area (Å²) in [6, 6.07) is 2.85. The molecule has 8 nitrogen and oxygen atoms in total. The SMILES string of the molecule is CCn1ncc(C(=O)c2ccc(S(C)(=O)=O)c(C3=NOCC3)c2C)c1O. The standard InChI is InChI=1S/C17H19N3O5S/c1-4-20-17(22)12(9-18-20)16(21)11-5-6-14(26(3,23)24)15(10(11)2)13-7-8-25-19-13/h5-6,9,22H,4,7-8H2,1-3H3. The molecule has 1 aromatic carbocycles. The van der Waals surface area contributed by atoms with Crippen LogP contribution in [0.4, 0.5) is 0 Å². The Hall–Kier alpha value is -2.68. The van der Waals surface area contributed by atoms with Crippen LogP contribution in [-0.4, -0.2) is 47.7 Å². The van der Waals surface area contributed by atoms with Gasteiger partial charge in [0.05, 0.1) is 16.8 Å². The van der Waals surface area contributed by atoms with Crippen molar-refractivity contribution in [1.82, 2.24) is 9.78 Å². The summed E-state index contributed by atoms with van der Waals surface area (Å²) in [7, 11) is -3.52. The van der Waals surface area contributed by atoms with Crippen LogP contribution in [-0.2, 0) is 21.2 Å². The lowest BCUT2D eigenvalue weighted by Gasteiger charge is -2.14. The molecule has 0 amide bonds. The quantitative estimate of drug-likeness (QED) is 0.794. The van der Waals surface area contributed by atoms with Crippen molar-refractivity contribution in [2.75, 3.05) is 12.9 Å². The van der Waals surface area contributed by atoms with Crippen LogP contribution in [0.5, 0.6) is 5.88 Å². The Labute approximate surface area is 151 Å². The number of rotatable bonds is 5. The fourth-order valence-electron chi connectivity index (χ4n) is 3.00. The van der Waals surface area contributed by atoms with Crippen LogP contribution in [0.15, 0.2) is 28.4 Å². The van der Waals surface area contributed by atoms with Crippen LogP contribution in [0.25, 0.3) is 0 Å². The van der Waals surface area contributed by atoms with Gasteiger partial charge in [0.1, 0.15) is 12.2 Å². The van der Waals surface area contributed by atoms with Crippen LogP contribution >= 0.6 is 0 Å². The summed E-state index contributed by atoms with van der Waals surface area (Å²) in [6.45, 7) is 4.24. The van der Waals surface area contributed by atoms with E-state index in [1.165, 1.54) is 23.0 Å². The number of aromatic hydroxyl groups is 1. The highest BCUT2D eigenvalue weighted by molar-refractivity contribution is 7.90. The summed E-state index contributed by atoms with van der Waals surface area (Å²) >= 11 is 0. The number of hydrogen-bond acceptors (Lipinski definition) is 7. The smallest absolute Gasteiger partial charge is 0.220 e. The largest absolute Gasteiger partial charge is 0.493 e. The van der Waals surface area contributed by atoms with Crippen molar-refractivity contribution >= 4 is 21.3 Å². The summed E-state index contributed by atoms with van der Waals surface area (Å²) in [5.41, 5.74) is 1.71. The summed E-state index contributed by atoms with van der Waals surface area (Å²) in [6.07, 6.45) is 2.88. The maximum atomic E-state index is 12.9. The number of aryl methyl sites for hydroxylation is 1. The number of carbonyl (C=O) groups is 1. The van der Waals surface area contributed by atoms with Gasteiger partial charge in [-0.2, -0.15) is 5.10 Å². The second kappa shape index (κ2) is 6.56. The summed E-state index contributed by atoms with van der Waals surface area (Å²) < 4.78 is 25.7. The first kappa shape index (κ1) is 18.1. The molecule has 1 aliphatic rings. The van der Waals surface area contributed by atoms with Gasteiger partial charge in [-0.05, 0) is 31.5 Å². The highest BCUT2D eigenvalue weighted by Crippen LogP contribution is 2.29. The van der Waals surface area contributed by atoms with Crippen molar-refractivity contribution in [2.45, 2.75) is 31.7 Å². The topological polar surface area (TPSA) is 111 Å². The molecule has 0 radical (unpaired) electrons. The number of sulfone groups is 1. The average molecular weight is 377 g/mol. The predicted octanol–water partition coefficient (Wildman–Crippen LogP) is 1.68. The van der Waals surface area contributed by atoms with Crippen LogP contribution in [0.1, 0.15) is 40.4 Å². The third-order valence-electron chi connectivity index (χ3n) is 4.32. The lowest BCUT2D eigenvalue weighted by Crippen LogP contribution is -2.14. The number of benzene rings is 1. The highest BCUT2D eigenvalue weighted by Gasteiger charge is 2.27. The van der Waals surface area contributed by atoms with Gasteiger partial charge in [-0.3, -0.25) is 4.79 Å². The number of carbonyl (C=O) groups excluding carboxylic acids is 1. The van der Waals surface area contributed by atoms with E-state index < -0.39 is 15.6 Å². The fraction of sp³-hybridized carbons (Fsp3) is 0.353. The molecule has 0 fully saturated rings. The molecule has 138 valence electrons. The maximum Gasteiger partial charge on any atom is 0.220 e. The van der Waals surface area contributed by atoms with Crippen molar-refractivity contribution in [3.8, 4) is 5.88 Å². The monoisotopic (exact) mass is 377 g/mol. The number of aromatic nitrogens is 2. The zero-order chi connectivity index (χ0) is 19.1. The predicted molar refractivity (Wildman–Crippen MR) is 94.4 cm³/mol. The second-order valence-corrected chi connectivity index (χ2v) is 8.02. The van der Waals surface area contributed by atoms with Gasteiger partial charge in [0.15, 0.2) is 15.6 Å². The minimum atomic E-state index is -3.52. The summed E-state index contributed by atoms with van der Waals surface area (Å²) in [4.78, 5) is 18.0. The van der Waals surface area contributed by atoms with E-state index in [0.717, 1.165) is 6.26 Å². The molecule has 0 saturated heterocycles. The summed E-state index contributed by atoms with van der Waals surface area (Å²) in [5, 5.41) is 18.1. The molecule has 0 spiro atoms. The minimum absolute atomic E-state index is 0.0672. The highest BCUT2D eigenvalue weighted by atomic mass is 32.2. The maximum absolute atomic E-state index is 12.9. The molecule has 1 aliphatic heterocycles. The molecule has 0 saturated carbocycles. The zero-order valence-electron chi connectivity index (χ0n) is 14.7. The van der Waals surface area contributed by atoms with Crippen molar-refractivity contribution < 1.29 is 23.2 Å². The van der Waals surface area contributed by atoms with Crippen LogP contribution in [0, 0.1) is 6.92 Å². The average Bonchev–Trinajstić information content (AvgIpc) is 3.22. The lowest BCUT2D eigenvalue weighted by atomic mass is 9.93. The van der Waals surface area contributed by atoms with Gasteiger partial charge < -0.3 is 9.94 Å². The first-order valence-electron chi connectivity index (χ1n) is 8.08. The Bertz CT molecular complexity index is 1020. The third-order valence-corrected chi connectivity index (χ3v) is 5.46. The normalized spacial score (nSPS) is 14.2. The van der Waals surface area contributed by atoms with E-state index in [1.807, 2.05) is 0 Å². The molecular formula is C17H19N3O5S. The van der Waals surface area contributed by atoms with E-state index in [-0.39, 0.29) is 21.9 Å². The van der Waals surface area contributed by atoms with Gasteiger partial charge in [0.2, 0.25) is 5.88 Å². The Morgan fingerprint density at radius 2 is 2.08 bits per heavy atom. The van der Waals surface area contributed by atoms with Crippen LogP contribution < -0.4 is 0 Å². The second-order valence-electron chi connectivity index (χ2n) is 6.03. The molecule has 0 aliphatic carbocycles. The number of nitrogens with zero attached hydrogens (tertiary/aromatic N) is 3. The molecular weight excluding hydrogens is 358 g/mol. The van der Waals surface area contributed by atoms with E-state index in [4.69, 9.17) is 4.84 Å². The Morgan fingerprint density at radius 3 is 2.62 bits per heavy atom. The van der Waals surface area contributed by atoms with E-state index in [2.05, 4.69) is 10.3 Å². The van der Waals surface area contributed by atoms with Gasteiger partial charge in [0, 0.05) is 30.3 Å². The molecule has 1 N–H and O–H groups in total. The molecule has 0 bridgehead atoms. The van der Waals surface area contributed by atoms with Crippen LogP contribution in [0.2, 0.25) is 0 Å². The third kappa shape index (κ3) is 2.98. The van der Waals surface area contributed by atoms with Crippen molar-refractivity contribution in [2.24, 2.45) is 5.16 Å². The molecule has 0 atom stereocenters. The lowest BCUT2D eigenvalue weighted by molar-refractivity contribution is 0.103. The van der Waals surface area contributed by atoms with Gasteiger partial charge >= 0.3 is 0 Å². The molecule has 2 aromatic rings. The van der Waals surface area contributed by atoms with Crippen molar-refractivity contribution in [1.29, 1.82) is 0 Å².